The van der Waals surface area contributed by atoms with E-state index in [2.05, 4.69) is 30.9 Å². The van der Waals surface area contributed by atoms with Gasteiger partial charge in [-0.05, 0) is 36.5 Å². The van der Waals surface area contributed by atoms with Crippen LogP contribution in [0, 0.1) is 0 Å². The lowest BCUT2D eigenvalue weighted by molar-refractivity contribution is 0.846. The summed E-state index contributed by atoms with van der Waals surface area (Å²) in [6.45, 7) is 6.85. The molecule has 2 nitrogen and oxygen atoms in total. The smallest absolute Gasteiger partial charge is 0.0422 e. The number of rotatable bonds is 2. The molecule has 0 unspecified atom stereocenters. The molecule has 0 bridgehead atoms. The van der Waals surface area contributed by atoms with Crippen molar-refractivity contribution in [3.05, 3.63) is 23.8 Å². The van der Waals surface area contributed by atoms with Gasteiger partial charge in [0.15, 0.2) is 0 Å². The lowest BCUT2D eigenvalue weighted by atomic mass is 10.00. The number of hydrogen-bond donors (Lipinski definition) is 1. The van der Waals surface area contributed by atoms with E-state index >= 15 is 0 Å². The Hall–Kier alpha value is -1.18. The number of nitrogens with two attached hydrogens (primary N) is 1. The van der Waals surface area contributed by atoms with Crippen LogP contribution in [0.5, 0.6) is 0 Å². The molecule has 2 N–H and O–H groups in total. The van der Waals surface area contributed by atoms with E-state index in [1.54, 1.807) is 0 Å². The summed E-state index contributed by atoms with van der Waals surface area (Å²) in [6, 6.07) is 6.31. The van der Waals surface area contributed by atoms with E-state index in [4.69, 9.17) is 5.73 Å². The summed E-state index contributed by atoms with van der Waals surface area (Å²) in [5.41, 5.74) is 9.52. The van der Waals surface area contributed by atoms with Crippen LogP contribution in [0.15, 0.2) is 18.2 Å². The van der Waals surface area contributed by atoms with Crippen molar-refractivity contribution in [1.82, 2.24) is 0 Å². The first-order valence-corrected chi connectivity index (χ1v) is 5.83. The molecule has 0 radical (unpaired) electrons. The molecule has 0 spiro atoms. The van der Waals surface area contributed by atoms with Gasteiger partial charge in [-0.3, -0.25) is 0 Å². The van der Waals surface area contributed by atoms with Crippen LogP contribution < -0.4 is 10.6 Å². The maximum atomic E-state index is 5.87. The van der Waals surface area contributed by atoms with E-state index in [0.717, 1.165) is 5.69 Å². The van der Waals surface area contributed by atoms with Crippen molar-refractivity contribution >= 4 is 11.4 Å². The summed E-state index contributed by atoms with van der Waals surface area (Å²) in [4.78, 5) is 2.46. The highest BCUT2D eigenvalue weighted by atomic mass is 15.1. The molecule has 15 heavy (non-hydrogen) atoms. The Morgan fingerprint density at radius 1 is 1.20 bits per heavy atom. The van der Waals surface area contributed by atoms with E-state index in [9.17, 15) is 0 Å². The SMILES string of the molecule is CC(C)c1ccc(N)cc1N1CCCC1. The molecule has 0 atom stereocenters. The lowest BCUT2D eigenvalue weighted by Gasteiger charge is -2.23. The van der Waals surface area contributed by atoms with Crippen LogP contribution >= 0.6 is 0 Å². The Morgan fingerprint density at radius 2 is 1.87 bits per heavy atom. The first-order chi connectivity index (χ1) is 7.18. The maximum absolute atomic E-state index is 5.87. The van der Waals surface area contributed by atoms with E-state index in [0.29, 0.717) is 5.92 Å². The largest absolute Gasteiger partial charge is 0.399 e. The van der Waals surface area contributed by atoms with Gasteiger partial charge in [0.05, 0.1) is 0 Å². The maximum Gasteiger partial charge on any atom is 0.0422 e. The predicted molar refractivity (Wildman–Crippen MR) is 66.4 cm³/mol. The molecule has 1 fully saturated rings. The lowest BCUT2D eigenvalue weighted by Crippen LogP contribution is -2.19. The van der Waals surface area contributed by atoms with Crippen LogP contribution in [0.2, 0.25) is 0 Å². The first-order valence-electron chi connectivity index (χ1n) is 5.83. The molecule has 2 rings (SSSR count). The van der Waals surface area contributed by atoms with E-state index in [1.807, 2.05) is 6.07 Å². The van der Waals surface area contributed by atoms with E-state index in [1.165, 1.54) is 37.2 Å². The van der Waals surface area contributed by atoms with Crippen LogP contribution in [0.3, 0.4) is 0 Å². The topological polar surface area (TPSA) is 29.3 Å². The fourth-order valence-corrected chi connectivity index (χ4v) is 2.28. The Labute approximate surface area is 92.1 Å². The van der Waals surface area contributed by atoms with Crippen molar-refractivity contribution in [2.75, 3.05) is 23.7 Å². The van der Waals surface area contributed by atoms with Gasteiger partial charge in [0.25, 0.3) is 0 Å². The molecule has 2 heteroatoms. The normalized spacial score (nSPS) is 16.3. The molecule has 1 heterocycles. The van der Waals surface area contributed by atoms with Crippen LogP contribution in [0.4, 0.5) is 11.4 Å². The van der Waals surface area contributed by atoms with Crippen molar-refractivity contribution in [1.29, 1.82) is 0 Å². The summed E-state index contributed by atoms with van der Waals surface area (Å²) in [5.74, 6) is 0.571. The van der Waals surface area contributed by atoms with Gasteiger partial charge in [-0.2, -0.15) is 0 Å². The summed E-state index contributed by atoms with van der Waals surface area (Å²) < 4.78 is 0. The fraction of sp³-hybridized carbons (Fsp3) is 0.538. The molecule has 0 aromatic heterocycles. The van der Waals surface area contributed by atoms with Gasteiger partial charge >= 0.3 is 0 Å². The summed E-state index contributed by atoms with van der Waals surface area (Å²) in [7, 11) is 0. The summed E-state index contributed by atoms with van der Waals surface area (Å²) >= 11 is 0. The average molecular weight is 204 g/mol. The third-order valence-corrected chi connectivity index (χ3v) is 3.12. The Morgan fingerprint density at radius 3 is 2.47 bits per heavy atom. The quantitative estimate of drug-likeness (QED) is 0.750. The van der Waals surface area contributed by atoms with E-state index in [-0.39, 0.29) is 0 Å². The minimum atomic E-state index is 0.571. The molecule has 1 aliphatic heterocycles. The highest BCUT2D eigenvalue weighted by Gasteiger charge is 2.17. The van der Waals surface area contributed by atoms with Gasteiger partial charge in [0.1, 0.15) is 0 Å². The highest BCUT2D eigenvalue weighted by molar-refractivity contribution is 5.62. The predicted octanol–water partition coefficient (Wildman–Crippen LogP) is 2.99. The standard InChI is InChI=1S/C13H20N2/c1-10(2)12-6-5-11(14)9-13(12)15-7-3-4-8-15/h5-6,9-10H,3-4,7-8,14H2,1-2H3. The molecular weight excluding hydrogens is 184 g/mol. The van der Waals surface area contributed by atoms with Gasteiger partial charge in [-0.25, -0.2) is 0 Å². The Bertz CT molecular complexity index is 338. The number of benzene rings is 1. The monoisotopic (exact) mass is 204 g/mol. The first kappa shape index (κ1) is 10.3. The highest BCUT2D eigenvalue weighted by Crippen LogP contribution is 2.31. The van der Waals surface area contributed by atoms with Crippen molar-refractivity contribution in [2.24, 2.45) is 0 Å². The third-order valence-electron chi connectivity index (χ3n) is 3.12. The number of nitrogens with zero attached hydrogens (tertiary/aromatic N) is 1. The van der Waals surface area contributed by atoms with Gasteiger partial charge in [-0.1, -0.05) is 19.9 Å². The van der Waals surface area contributed by atoms with Gasteiger partial charge in [0, 0.05) is 24.5 Å². The molecule has 1 aromatic carbocycles. The van der Waals surface area contributed by atoms with Gasteiger partial charge < -0.3 is 10.6 Å². The molecule has 0 saturated carbocycles. The van der Waals surface area contributed by atoms with Crippen LogP contribution in [-0.4, -0.2) is 13.1 Å². The van der Waals surface area contributed by atoms with Crippen molar-refractivity contribution in [2.45, 2.75) is 32.6 Å². The summed E-state index contributed by atoms with van der Waals surface area (Å²) in [5, 5.41) is 0. The Balaban J connectivity index is 2.37. The van der Waals surface area contributed by atoms with Crippen molar-refractivity contribution in [3.63, 3.8) is 0 Å². The van der Waals surface area contributed by atoms with Gasteiger partial charge in [0.2, 0.25) is 0 Å². The third kappa shape index (κ3) is 2.09. The molecule has 1 aromatic rings. The van der Waals surface area contributed by atoms with Crippen LogP contribution in [0.25, 0.3) is 0 Å². The second kappa shape index (κ2) is 4.13. The zero-order valence-corrected chi connectivity index (χ0v) is 9.66. The minimum absolute atomic E-state index is 0.571. The molecule has 1 saturated heterocycles. The van der Waals surface area contributed by atoms with Crippen LogP contribution in [0.1, 0.15) is 38.2 Å². The summed E-state index contributed by atoms with van der Waals surface area (Å²) in [6.07, 6.45) is 2.62. The second-order valence-corrected chi connectivity index (χ2v) is 4.67. The van der Waals surface area contributed by atoms with Crippen molar-refractivity contribution in [3.8, 4) is 0 Å². The second-order valence-electron chi connectivity index (χ2n) is 4.67. The number of nitrogen functional groups attached to an aromatic ring is 1. The molecule has 82 valence electrons. The number of anilines is 2. The molecule has 1 aliphatic rings. The van der Waals surface area contributed by atoms with E-state index < -0.39 is 0 Å². The van der Waals surface area contributed by atoms with Crippen LogP contribution in [-0.2, 0) is 0 Å². The molecule has 0 amide bonds. The zero-order valence-electron chi connectivity index (χ0n) is 9.66. The fourth-order valence-electron chi connectivity index (χ4n) is 2.28. The van der Waals surface area contributed by atoms with Gasteiger partial charge in [-0.15, -0.1) is 0 Å². The molecule has 0 aliphatic carbocycles. The molecular formula is C13H20N2. The number of hydrogen-bond acceptors (Lipinski definition) is 2. The van der Waals surface area contributed by atoms with Crippen molar-refractivity contribution < 1.29 is 0 Å². The Kier molecular flexibility index (Phi) is 2.85. The zero-order chi connectivity index (χ0) is 10.8. The minimum Gasteiger partial charge on any atom is -0.399 e. The average Bonchev–Trinajstić information content (AvgIpc) is 2.69.